The van der Waals surface area contributed by atoms with Gasteiger partial charge in [-0.2, -0.15) is 0 Å². The van der Waals surface area contributed by atoms with Crippen molar-refractivity contribution in [2.24, 2.45) is 17.1 Å². The van der Waals surface area contributed by atoms with Crippen molar-refractivity contribution in [1.29, 1.82) is 0 Å². The van der Waals surface area contributed by atoms with Crippen LogP contribution in [0.3, 0.4) is 0 Å². The van der Waals surface area contributed by atoms with Crippen molar-refractivity contribution < 1.29 is 29.1 Å². The first-order valence-corrected chi connectivity index (χ1v) is 14.2. The summed E-state index contributed by atoms with van der Waals surface area (Å²) in [5.41, 5.74) is 3.55. The molecule has 1 saturated heterocycles. The van der Waals surface area contributed by atoms with Crippen LogP contribution in [0.4, 0.5) is 4.79 Å². The smallest absolute Gasteiger partial charge is 0.315 e. The number of nitrogens with one attached hydrogen (secondary N) is 3. The molecule has 11 nitrogen and oxygen atoms in total. The van der Waals surface area contributed by atoms with Crippen LogP contribution in [0.25, 0.3) is 0 Å². The van der Waals surface area contributed by atoms with Crippen LogP contribution in [0.1, 0.15) is 79.2 Å². The number of carbonyl (C=O) groups is 5. The highest BCUT2D eigenvalue weighted by Crippen LogP contribution is 2.34. The average Bonchev–Trinajstić information content (AvgIpc) is 3.53. The fraction of sp³-hybridized carbons (Fsp3) is 0.633. The van der Waals surface area contributed by atoms with Gasteiger partial charge < -0.3 is 31.7 Å². The van der Waals surface area contributed by atoms with E-state index in [2.05, 4.69) is 21.7 Å². The van der Waals surface area contributed by atoms with Gasteiger partial charge in [-0.3, -0.25) is 19.2 Å². The molecule has 1 heterocycles. The SMILES string of the molecule is CC(=O)C(CC1CC1)NC(=O)C1CCCN1C(=O)C(NC(=O)NC(C)(C)Cc1ccccc1O)C(C)(C)C.NC=O. The minimum Gasteiger partial charge on any atom is -0.508 e. The van der Waals surface area contributed by atoms with Crippen molar-refractivity contribution in [2.45, 2.75) is 104 Å². The maximum absolute atomic E-state index is 13.8. The lowest BCUT2D eigenvalue weighted by Crippen LogP contribution is -2.61. The number of carbonyl (C=O) groups excluding carboxylic acids is 5. The molecule has 11 heteroatoms. The van der Waals surface area contributed by atoms with Gasteiger partial charge in [0.1, 0.15) is 17.8 Å². The molecule has 3 atom stereocenters. The monoisotopic (exact) mass is 573 g/mol. The summed E-state index contributed by atoms with van der Waals surface area (Å²) in [6.07, 6.45) is 4.64. The maximum atomic E-state index is 13.8. The minimum atomic E-state index is -0.869. The number of para-hydroxylation sites is 1. The van der Waals surface area contributed by atoms with Crippen molar-refractivity contribution in [3.8, 4) is 5.75 Å². The van der Waals surface area contributed by atoms with Crippen molar-refractivity contribution in [3.05, 3.63) is 29.8 Å². The highest BCUT2D eigenvalue weighted by molar-refractivity contribution is 5.94. The predicted molar refractivity (Wildman–Crippen MR) is 156 cm³/mol. The number of aromatic hydroxyl groups is 1. The Morgan fingerprint density at radius 1 is 1.07 bits per heavy atom. The number of amides is 5. The molecule has 2 fully saturated rings. The first kappa shape index (κ1) is 33.6. The number of urea groups is 1. The summed E-state index contributed by atoms with van der Waals surface area (Å²) in [5.74, 6) is -0.0527. The molecule has 0 aromatic heterocycles. The largest absolute Gasteiger partial charge is 0.508 e. The van der Waals surface area contributed by atoms with Crippen LogP contribution < -0.4 is 21.7 Å². The highest BCUT2D eigenvalue weighted by atomic mass is 16.3. The van der Waals surface area contributed by atoms with E-state index in [4.69, 9.17) is 4.79 Å². The number of nitrogens with zero attached hydrogens (tertiary/aromatic N) is 1. The third-order valence-electron chi connectivity index (χ3n) is 7.38. The third kappa shape index (κ3) is 10.4. The summed E-state index contributed by atoms with van der Waals surface area (Å²) >= 11 is 0. The molecule has 2 aliphatic rings. The van der Waals surface area contributed by atoms with Crippen LogP contribution >= 0.6 is 0 Å². The molecule has 3 rings (SSSR count). The molecule has 1 saturated carbocycles. The lowest BCUT2D eigenvalue weighted by molar-refractivity contribution is -0.142. The molecule has 3 unspecified atom stereocenters. The first-order chi connectivity index (χ1) is 19.1. The predicted octanol–water partition coefficient (Wildman–Crippen LogP) is 2.39. The number of hydrogen-bond acceptors (Lipinski definition) is 6. The van der Waals surface area contributed by atoms with E-state index in [1.54, 1.807) is 23.1 Å². The van der Waals surface area contributed by atoms with Crippen LogP contribution in [0.15, 0.2) is 24.3 Å². The van der Waals surface area contributed by atoms with Gasteiger partial charge in [0.25, 0.3) is 0 Å². The molecule has 1 aliphatic heterocycles. The van der Waals surface area contributed by atoms with Gasteiger partial charge in [-0.25, -0.2) is 4.79 Å². The zero-order valence-corrected chi connectivity index (χ0v) is 25.2. The quantitative estimate of drug-likeness (QED) is 0.269. The Morgan fingerprint density at radius 3 is 2.22 bits per heavy atom. The second-order valence-electron chi connectivity index (χ2n) is 12.8. The van der Waals surface area contributed by atoms with E-state index in [1.807, 2.05) is 40.7 Å². The number of hydrogen-bond donors (Lipinski definition) is 5. The molecule has 5 amide bonds. The van der Waals surface area contributed by atoms with Gasteiger partial charge in [0.05, 0.1) is 6.04 Å². The Morgan fingerprint density at radius 2 is 1.68 bits per heavy atom. The van der Waals surface area contributed by atoms with E-state index in [0.717, 1.165) is 12.8 Å². The number of likely N-dealkylation sites (tertiary alicyclic amines) is 1. The molecule has 228 valence electrons. The van der Waals surface area contributed by atoms with E-state index in [-0.39, 0.29) is 29.8 Å². The standard InChI is InChI=1S/C29H44N4O5.CH3NO/c1-18(34)21(16-19-13-14-19)30-25(36)22-11-9-15-33(22)26(37)24(28(2,3)4)31-27(38)32-29(5,6)17-20-10-7-8-12-23(20)35;2-1-3/h7-8,10,12,19,21-22,24,35H,9,11,13-17H2,1-6H3,(H,30,36)(H2,31,32,38);1H,(H2,2,3). The van der Waals surface area contributed by atoms with E-state index in [1.165, 1.54) is 6.92 Å². The van der Waals surface area contributed by atoms with E-state index >= 15 is 0 Å². The van der Waals surface area contributed by atoms with Crippen molar-refractivity contribution >= 4 is 30.0 Å². The molecule has 1 aliphatic carbocycles. The number of primary amides is 1. The fourth-order valence-electron chi connectivity index (χ4n) is 5.05. The summed E-state index contributed by atoms with van der Waals surface area (Å²) in [6.45, 7) is 11.2. The second-order valence-corrected chi connectivity index (χ2v) is 12.8. The van der Waals surface area contributed by atoms with Gasteiger partial charge in [0.15, 0.2) is 5.78 Å². The third-order valence-corrected chi connectivity index (χ3v) is 7.38. The van der Waals surface area contributed by atoms with Gasteiger partial charge >= 0.3 is 6.03 Å². The molecule has 41 heavy (non-hydrogen) atoms. The molecule has 0 bridgehead atoms. The van der Waals surface area contributed by atoms with E-state index < -0.39 is 35.1 Å². The Hall–Kier alpha value is -3.63. The number of rotatable bonds is 10. The molecule has 6 N–H and O–H groups in total. The average molecular weight is 574 g/mol. The zero-order chi connectivity index (χ0) is 31.0. The normalized spacial score (nSPS) is 18.3. The number of nitrogens with two attached hydrogens (primary N) is 1. The first-order valence-electron chi connectivity index (χ1n) is 14.2. The van der Waals surface area contributed by atoms with Crippen LogP contribution in [0.2, 0.25) is 0 Å². The van der Waals surface area contributed by atoms with Gasteiger partial charge in [0.2, 0.25) is 18.2 Å². The molecule has 0 radical (unpaired) electrons. The lowest BCUT2D eigenvalue weighted by Gasteiger charge is -2.36. The summed E-state index contributed by atoms with van der Waals surface area (Å²) in [5, 5.41) is 18.8. The number of benzene rings is 1. The topological polar surface area (TPSA) is 171 Å². The van der Waals surface area contributed by atoms with Crippen LogP contribution in [-0.4, -0.2) is 70.3 Å². The Balaban J connectivity index is 0.00000187. The van der Waals surface area contributed by atoms with Gasteiger partial charge in [-0.15, -0.1) is 0 Å². The Labute approximate surface area is 243 Å². The van der Waals surface area contributed by atoms with Crippen LogP contribution in [-0.2, 0) is 25.6 Å². The van der Waals surface area contributed by atoms with Gasteiger partial charge in [-0.1, -0.05) is 51.8 Å². The van der Waals surface area contributed by atoms with E-state index in [9.17, 15) is 24.3 Å². The van der Waals surface area contributed by atoms with E-state index in [0.29, 0.717) is 43.7 Å². The summed E-state index contributed by atoms with van der Waals surface area (Å²) in [4.78, 5) is 62.3. The molecular weight excluding hydrogens is 526 g/mol. The molecular formula is C30H47N5O6. The number of ketones is 1. The summed E-state index contributed by atoms with van der Waals surface area (Å²) in [7, 11) is 0. The second kappa shape index (κ2) is 14.3. The fourth-order valence-corrected chi connectivity index (χ4v) is 5.05. The molecule has 0 spiro atoms. The van der Waals surface area contributed by atoms with Crippen molar-refractivity contribution in [1.82, 2.24) is 20.9 Å². The zero-order valence-electron chi connectivity index (χ0n) is 25.2. The van der Waals surface area contributed by atoms with Gasteiger partial charge in [0, 0.05) is 12.1 Å². The molecule has 1 aromatic carbocycles. The number of phenolic OH excluding ortho intramolecular Hbond substituents is 1. The van der Waals surface area contributed by atoms with Crippen LogP contribution in [0, 0.1) is 11.3 Å². The Kier molecular flexibility index (Phi) is 11.7. The minimum absolute atomic E-state index is 0.0709. The van der Waals surface area contributed by atoms with Crippen molar-refractivity contribution in [3.63, 3.8) is 0 Å². The van der Waals surface area contributed by atoms with Crippen molar-refractivity contribution in [2.75, 3.05) is 6.54 Å². The Bertz CT molecular complexity index is 1100. The molecule has 1 aromatic rings. The lowest BCUT2D eigenvalue weighted by atomic mass is 9.85. The summed E-state index contributed by atoms with van der Waals surface area (Å²) < 4.78 is 0. The summed E-state index contributed by atoms with van der Waals surface area (Å²) in [6, 6.07) is 4.41. The highest BCUT2D eigenvalue weighted by Gasteiger charge is 2.43. The number of Topliss-reactive ketones (excluding diaryl/α,β-unsaturated/α-hetero) is 1. The number of phenols is 1. The maximum Gasteiger partial charge on any atom is 0.315 e. The van der Waals surface area contributed by atoms with Crippen LogP contribution in [0.5, 0.6) is 5.75 Å². The van der Waals surface area contributed by atoms with Gasteiger partial charge in [-0.05, 0) is 69.4 Å².